The largest absolute Gasteiger partial charge is 0.388 e. The van der Waals surface area contributed by atoms with Gasteiger partial charge in [-0.3, -0.25) is 0 Å². The van der Waals surface area contributed by atoms with Crippen molar-refractivity contribution in [3.8, 4) is 0 Å². The zero-order valence-electron chi connectivity index (χ0n) is 9.41. The minimum absolute atomic E-state index is 0.418. The van der Waals surface area contributed by atoms with Gasteiger partial charge in [0.1, 0.15) is 0 Å². The van der Waals surface area contributed by atoms with E-state index in [2.05, 4.69) is 0 Å². The molecule has 18 heavy (non-hydrogen) atoms. The molecular formula is C14H11Cl3O. The molecule has 0 heterocycles. The van der Waals surface area contributed by atoms with Crippen LogP contribution in [0, 0.1) is 0 Å². The van der Waals surface area contributed by atoms with E-state index in [1.54, 1.807) is 30.3 Å². The zero-order valence-corrected chi connectivity index (χ0v) is 11.7. The van der Waals surface area contributed by atoms with Crippen LogP contribution >= 0.6 is 34.8 Å². The molecular weight excluding hydrogens is 291 g/mol. The van der Waals surface area contributed by atoms with Gasteiger partial charge in [-0.25, -0.2) is 0 Å². The average Bonchev–Trinajstić information content (AvgIpc) is 2.36. The van der Waals surface area contributed by atoms with Crippen LogP contribution in [0.2, 0.25) is 15.1 Å². The summed E-state index contributed by atoms with van der Waals surface area (Å²) in [6.07, 6.45) is -0.209. The van der Waals surface area contributed by atoms with Crippen LogP contribution < -0.4 is 0 Å². The maximum atomic E-state index is 10.1. The van der Waals surface area contributed by atoms with Crippen LogP contribution in [0.4, 0.5) is 0 Å². The Kier molecular flexibility index (Phi) is 4.52. The Hall–Kier alpha value is -0.730. The van der Waals surface area contributed by atoms with Crippen LogP contribution in [-0.4, -0.2) is 5.11 Å². The van der Waals surface area contributed by atoms with Gasteiger partial charge in [-0.2, -0.15) is 0 Å². The standard InChI is InChI=1S/C14H11Cl3O/c15-11-6-4-9(5-7-11)13(18)8-10-2-1-3-12(16)14(10)17/h1-7,13,18H,8H2. The molecule has 0 saturated carbocycles. The highest BCUT2D eigenvalue weighted by atomic mass is 35.5. The Balaban J connectivity index is 2.18. The van der Waals surface area contributed by atoms with E-state index >= 15 is 0 Å². The van der Waals surface area contributed by atoms with Crippen LogP contribution in [0.5, 0.6) is 0 Å². The van der Waals surface area contributed by atoms with Crippen LogP contribution in [0.25, 0.3) is 0 Å². The number of benzene rings is 2. The molecule has 0 aliphatic heterocycles. The van der Waals surface area contributed by atoms with Crippen molar-refractivity contribution in [2.24, 2.45) is 0 Å². The van der Waals surface area contributed by atoms with Gasteiger partial charge in [0.25, 0.3) is 0 Å². The first-order chi connectivity index (χ1) is 8.58. The Bertz CT molecular complexity index is 537. The lowest BCUT2D eigenvalue weighted by atomic mass is 10.0. The van der Waals surface area contributed by atoms with Gasteiger partial charge in [0.05, 0.1) is 16.1 Å². The summed E-state index contributed by atoms with van der Waals surface area (Å²) in [4.78, 5) is 0. The van der Waals surface area contributed by atoms with Crippen LogP contribution in [0.1, 0.15) is 17.2 Å². The number of hydrogen-bond acceptors (Lipinski definition) is 1. The Morgan fingerprint density at radius 2 is 1.61 bits per heavy atom. The minimum atomic E-state index is -0.627. The van der Waals surface area contributed by atoms with Crippen molar-refractivity contribution in [3.63, 3.8) is 0 Å². The van der Waals surface area contributed by atoms with Crippen molar-refractivity contribution in [1.29, 1.82) is 0 Å². The van der Waals surface area contributed by atoms with Gasteiger partial charge in [0.2, 0.25) is 0 Å². The van der Waals surface area contributed by atoms with Crippen molar-refractivity contribution < 1.29 is 5.11 Å². The molecule has 0 spiro atoms. The van der Waals surface area contributed by atoms with E-state index in [0.29, 0.717) is 21.5 Å². The lowest BCUT2D eigenvalue weighted by Crippen LogP contribution is -2.02. The highest BCUT2D eigenvalue weighted by Gasteiger charge is 2.12. The summed E-state index contributed by atoms with van der Waals surface area (Å²) in [7, 11) is 0. The van der Waals surface area contributed by atoms with Crippen molar-refractivity contribution in [3.05, 3.63) is 68.7 Å². The van der Waals surface area contributed by atoms with Gasteiger partial charge < -0.3 is 5.11 Å². The van der Waals surface area contributed by atoms with E-state index in [9.17, 15) is 5.11 Å². The number of hydrogen-bond donors (Lipinski definition) is 1. The van der Waals surface area contributed by atoms with Crippen LogP contribution in [0.15, 0.2) is 42.5 Å². The van der Waals surface area contributed by atoms with Gasteiger partial charge >= 0.3 is 0 Å². The molecule has 4 heteroatoms. The molecule has 0 bridgehead atoms. The van der Waals surface area contributed by atoms with Gasteiger partial charge in [-0.1, -0.05) is 59.1 Å². The van der Waals surface area contributed by atoms with Gasteiger partial charge in [0.15, 0.2) is 0 Å². The fourth-order valence-electron chi connectivity index (χ4n) is 1.72. The van der Waals surface area contributed by atoms with E-state index in [4.69, 9.17) is 34.8 Å². The first-order valence-corrected chi connectivity index (χ1v) is 6.57. The molecule has 0 fully saturated rings. The number of halogens is 3. The second kappa shape index (κ2) is 5.94. The average molecular weight is 302 g/mol. The summed E-state index contributed by atoms with van der Waals surface area (Å²) in [5.41, 5.74) is 1.63. The molecule has 0 aromatic heterocycles. The van der Waals surface area contributed by atoms with Crippen molar-refractivity contribution >= 4 is 34.8 Å². The molecule has 0 aliphatic rings. The molecule has 1 atom stereocenters. The van der Waals surface area contributed by atoms with E-state index in [0.717, 1.165) is 11.1 Å². The third kappa shape index (κ3) is 3.18. The molecule has 2 rings (SSSR count). The monoisotopic (exact) mass is 300 g/mol. The highest BCUT2D eigenvalue weighted by molar-refractivity contribution is 6.42. The fourth-order valence-corrected chi connectivity index (χ4v) is 2.24. The van der Waals surface area contributed by atoms with Crippen molar-refractivity contribution in [1.82, 2.24) is 0 Å². The molecule has 1 nitrogen and oxygen atoms in total. The molecule has 2 aromatic rings. The Morgan fingerprint density at radius 1 is 0.944 bits per heavy atom. The fraction of sp³-hybridized carbons (Fsp3) is 0.143. The Morgan fingerprint density at radius 3 is 2.28 bits per heavy atom. The first kappa shape index (κ1) is 13.7. The first-order valence-electron chi connectivity index (χ1n) is 5.44. The second-order valence-electron chi connectivity index (χ2n) is 3.98. The predicted molar refractivity (Wildman–Crippen MR) is 76.6 cm³/mol. The molecule has 1 N–H and O–H groups in total. The SMILES string of the molecule is OC(Cc1cccc(Cl)c1Cl)c1ccc(Cl)cc1. The lowest BCUT2D eigenvalue weighted by molar-refractivity contribution is 0.178. The third-order valence-electron chi connectivity index (χ3n) is 2.70. The molecule has 0 aliphatic carbocycles. The van der Waals surface area contributed by atoms with Gasteiger partial charge in [-0.15, -0.1) is 0 Å². The predicted octanol–water partition coefficient (Wildman–Crippen LogP) is 4.92. The molecule has 0 saturated heterocycles. The minimum Gasteiger partial charge on any atom is -0.388 e. The van der Waals surface area contributed by atoms with E-state index in [-0.39, 0.29) is 0 Å². The molecule has 0 amide bonds. The van der Waals surface area contributed by atoms with Gasteiger partial charge in [0, 0.05) is 11.4 Å². The zero-order chi connectivity index (χ0) is 13.1. The summed E-state index contributed by atoms with van der Waals surface area (Å²) < 4.78 is 0. The van der Waals surface area contributed by atoms with Crippen molar-refractivity contribution in [2.75, 3.05) is 0 Å². The number of aliphatic hydroxyl groups excluding tert-OH is 1. The molecule has 2 aromatic carbocycles. The Labute approximate surface area is 121 Å². The molecule has 0 radical (unpaired) electrons. The maximum absolute atomic E-state index is 10.1. The normalized spacial score (nSPS) is 12.4. The van der Waals surface area contributed by atoms with Crippen LogP contribution in [-0.2, 0) is 6.42 Å². The highest BCUT2D eigenvalue weighted by Crippen LogP contribution is 2.29. The summed E-state index contributed by atoms with van der Waals surface area (Å²) >= 11 is 17.8. The third-order valence-corrected chi connectivity index (χ3v) is 3.81. The van der Waals surface area contributed by atoms with Crippen LogP contribution in [0.3, 0.4) is 0 Å². The lowest BCUT2D eigenvalue weighted by Gasteiger charge is -2.12. The summed E-state index contributed by atoms with van der Waals surface area (Å²) in [6, 6.07) is 12.5. The van der Waals surface area contributed by atoms with Gasteiger partial charge in [-0.05, 0) is 29.3 Å². The topological polar surface area (TPSA) is 20.2 Å². The van der Waals surface area contributed by atoms with E-state index < -0.39 is 6.10 Å². The maximum Gasteiger partial charge on any atom is 0.0830 e. The van der Waals surface area contributed by atoms with E-state index in [1.165, 1.54) is 0 Å². The molecule has 1 unspecified atom stereocenters. The summed E-state index contributed by atoms with van der Waals surface area (Å²) in [6.45, 7) is 0. The van der Waals surface area contributed by atoms with E-state index in [1.807, 2.05) is 12.1 Å². The second-order valence-corrected chi connectivity index (χ2v) is 5.21. The quantitative estimate of drug-likeness (QED) is 0.853. The summed E-state index contributed by atoms with van der Waals surface area (Å²) in [5, 5.41) is 11.8. The van der Waals surface area contributed by atoms with Crippen molar-refractivity contribution in [2.45, 2.75) is 12.5 Å². The molecule has 94 valence electrons. The number of aliphatic hydroxyl groups is 1. The summed E-state index contributed by atoms with van der Waals surface area (Å²) in [5.74, 6) is 0. The number of rotatable bonds is 3. The smallest absolute Gasteiger partial charge is 0.0830 e.